The average Bonchev–Trinajstić information content (AvgIpc) is 3.15. The maximum atomic E-state index is 2.47. The average molecular weight is 471 g/mol. The molecule has 1 aliphatic carbocycles. The Labute approximate surface area is 216 Å². The Morgan fingerprint density at radius 1 is 0.405 bits per heavy atom. The number of hydrogen-bond donors (Lipinski definition) is 0. The summed E-state index contributed by atoms with van der Waals surface area (Å²) in [7, 11) is 0. The molecule has 0 heteroatoms. The first kappa shape index (κ1) is 20.7. The lowest BCUT2D eigenvalue weighted by atomic mass is 9.80. The van der Waals surface area contributed by atoms with E-state index in [0.717, 1.165) is 0 Å². The fraction of sp³-hybridized carbons (Fsp3) is 0.0811. The predicted molar refractivity (Wildman–Crippen MR) is 159 cm³/mol. The Kier molecular flexibility index (Phi) is 4.10. The van der Waals surface area contributed by atoms with Crippen molar-refractivity contribution in [1.82, 2.24) is 0 Å². The molecule has 0 nitrogen and oxygen atoms in total. The summed E-state index contributed by atoms with van der Waals surface area (Å²) in [5.74, 6) is 0. The highest BCUT2D eigenvalue weighted by atomic mass is 14.4. The van der Waals surface area contributed by atoms with Crippen LogP contribution in [0.4, 0.5) is 0 Å². The quantitative estimate of drug-likeness (QED) is 0.165. The highest BCUT2D eigenvalue weighted by Gasteiger charge is 2.36. The summed E-state index contributed by atoms with van der Waals surface area (Å²) >= 11 is 0. The first-order valence-corrected chi connectivity index (χ1v) is 13.1. The van der Waals surface area contributed by atoms with E-state index in [1.807, 2.05) is 0 Å². The van der Waals surface area contributed by atoms with Crippen LogP contribution in [0.1, 0.15) is 25.0 Å². The highest BCUT2D eigenvalue weighted by Crippen LogP contribution is 2.51. The highest BCUT2D eigenvalue weighted by molar-refractivity contribution is 6.20. The Balaban J connectivity index is 1.44. The lowest BCUT2D eigenvalue weighted by Crippen LogP contribution is -2.15. The van der Waals surface area contributed by atoms with Gasteiger partial charge in [0.25, 0.3) is 0 Å². The molecule has 1 aliphatic rings. The van der Waals surface area contributed by atoms with E-state index in [4.69, 9.17) is 0 Å². The topological polar surface area (TPSA) is 0 Å². The van der Waals surface area contributed by atoms with Gasteiger partial charge in [0.1, 0.15) is 0 Å². The van der Waals surface area contributed by atoms with Gasteiger partial charge < -0.3 is 0 Å². The van der Waals surface area contributed by atoms with Crippen LogP contribution in [0.25, 0.3) is 65.3 Å². The summed E-state index contributed by atoms with van der Waals surface area (Å²) in [6.07, 6.45) is 0. The monoisotopic (exact) mass is 470 g/mol. The molecule has 8 rings (SSSR count). The molecule has 0 fully saturated rings. The molecule has 7 aromatic carbocycles. The van der Waals surface area contributed by atoms with Crippen molar-refractivity contribution < 1.29 is 0 Å². The van der Waals surface area contributed by atoms with E-state index >= 15 is 0 Å². The van der Waals surface area contributed by atoms with Gasteiger partial charge in [-0.1, -0.05) is 111 Å². The molecule has 0 spiro atoms. The summed E-state index contributed by atoms with van der Waals surface area (Å²) < 4.78 is 0. The third-order valence-electron chi connectivity index (χ3n) is 8.60. The normalized spacial score (nSPS) is 13.9. The van der Waals surface area contributed by atoms with Gasteiger partial charge in [-0.2, -0.15) is 0 Å². The molecule has 0 saturated heterocycles. The molecular formula is C37H26. The predicted octanol–water partition coefficient (Wildman–Crippen LogP) is 10.3. The fourth-order valence-electron chi connectivity index (χ4n) is 6.71. The zero-order chi connectivity index (χ0) is 24.7. The lowest BCUT2D eigenvalue weighted by Gasteiger charge is -2.23. The van der Waals surface area contributed by atoms with E-state index in [0.29, 0.717) is 0 Å². The molecule has 7 aromatic rings. The second-order valence-corrected chi connectivity index (χ2v) is 11.0. The van der Waals surface area contributed by atoms with Crippen molar-refractivity contribution in [1.29, 1.82) is 0 Å². The van der Waals surface area contributed by atoms with Crippen molar-refractivity contribution in [3.05, 3.63) is 132 Å². The maximum Gasteiger partial charge on any atom is 0.0159 e. The van der Waals surface area contributed by atoms with Gasteiger partial charge in [-0.15, -0.1) is 0 Å². The molecule has 0 unspecified atom stereocenters. The summed E-state index contributed by atoms with van der Waals surface area (Å²) in [5, 5.41) is 10.5. The molecule has 0 saturated carbocycles. The Morgan fingerprint density at radius 2 is 1.05 bits per heavy atom. The van der Waals surface area contributed by atoms with Crippen LogP contribution in [-0.2, 0) is 5.41 Å². The molecule has 0 N–H and O–H groups in total. The van der Waals surface area contributed by atoms with Crippen LogP contribution in [0, 0.1) is 0 Å². The van der Waals surface area contributed by atoms with E-state index in [1.165, 1.54) is 76.5 Å². The SMILES string of the molecule is CC1(C)c2cc(-c3c4ccccc4cc4c3ccc3ccccc34)ccc2-c2cc3ccccc3cc21. The second-order valence-electron chi connectivity index (χ2n) is 11.0. The van der Waals surface area contributed by atoms with Gasteiger partial charge in [0.05, 0.1) is 0 Å². The molecule has 0 aliphatic heterocycles. The standard InChI is InChI=1S/C37H26/c1-37(2)34-22-27(16-17-30(34)33-19-24-10-3-4-11-25(24)21-35(33)37)36-29-14-8-6-12-26(29)20-32-28-13-7-5-9-23(28)15-18-31(32)36/h3-22H,1-2H3. The maximum absolute atomic E-state index is 2.47. The fourth-order valence-corrected chi connectivity index (χ4v) is 6.71. The van der Waals surface area contributed by atoms with Crippen LogP contribution in [0.2, 0.25) is 0 Å². The van der Waals surface area contributed by atoms with Gasteiger partial charge in [-0.05, 0) is 101 Å². The van der Waals surface area contributed by atoms with Crippen molar-refractivity contribution in [3.63, 3.8) is 0 Å². The Hall–Kier alpha value is -4.42. The zero-order valence-corrected chi connectivity index (χ0v) is 21.0. The minimum atomic E-state index is -0.0577. The molecule has 0 heterocycles. The van der Waals surface area contributed by atoms with Crippen LogP contribution in [0.15, 0.2) is 121 Å². The molecule has 0 bridgehead atoms. The Bertz CT molecular complexity index is 2060. The zero-order valence-electron chi connectivity index (χ0n) is 21.0. The third kappa shape index (κ3) is 2.84. The molecular weight excluding hydrogens is 444 g/mol. The molecule has 37 heavy (non-hydrogen) atoms. The minimum Gasteiger partial charge on any atom is -0.0616 e. The number of fused-ring (bicyclic) bond motifs is 8. The lowest BCUT2D eigenvalue weighted by molar-refractivity contribution is 0.661. The van der Waals surface area contributed by atoms with Crippen molar-refractivity contribution >= 4 is 43.1 Å². The molecule has 0 radical (unpaired) electrons. The molecule has 0 amide bonds. The van der Waals surface area contributed by atoms with Gasteiger partial charge in [-0.3, -0.25) is 0 Å². The largest absolute Gasteiger partial charge is 0.0616 e. The number of rotatable bonds is 1. The van der Waals surface area contributed by atoms with Gasteiger partial charge >= 0.3 is 0 Å². The van der Waals surface area contributed by atoms with E-state index in [2.05, 4.69) is 135 Å². The summed E-state index contributed by atoms with van der Waals surface area (Å²) in [6, 6.07) is 45.2. The van der Waals surface area contributed by atoms with Crippen LogP contribution < -0.4 is 0 Å². The minimum absolute atomic E-state index is 0.0577. The van der Waals surface area contributed by atoms with Gasteiger partial charge in [-0.25, -0.2) is 0 Å². The van der Waals surface area contributed by atoms with Crippen molar-refractivity contribution in [2.75, 3.05) is 0 Å². The van der Waals surface area contributed by atoms with E-state index < -0.39 is 0 Å². The van der Waals surface area contributed by atoms with E-state index in [-0.39, 0.29) is 5.41 Å². The van der Waals surface area contributed by atoms with Crippen molar-refractivity contribution in [3.8, 4) is 22.3 Å². The molecule has 0 aromatic heterocycles. The van der Waals surface area contributed by atoms with Gasteiger partial charge in [0.2, 0.25) is 0 Å². The summed E-state index contributed by atoms with van der Waals surface area (Å²) in [5.41, 5.74) is 8.14. The van der Waals surface area contributed by atoms with Crippen LogP contribution in [-0.4, -0.2) is 0 Å². The van der Waals surface area contributed by atoms with Crippen LogP contribution >= 0.6 is 0 Å². The van der Waals surface area contributed by atoms with Crippen LogP contribution in [0.5, 0.6) is 0 Å². The first-order chi connectivity index (χ1) is 18.1. The van der Waals surface area contributed by atoms with Gasteiger partial charge in [0, 0.05) is 5.41 Å². The smallest absolute Gasteiger partial charge is 0.0159 e. The molecule has 0 atom stereocenters. The van der Waals surface area contributed by atoms with Crippen molar-refractivity contribution in [2.24, 2.45) is 0 Å². The first-order valence-electron chi connectivity index (χ1n) is 13.1. The van der Waals surface area contributed by atoms with E-state index in [9.17, 15) is 0 Å². The third-order valence-corrected chi connectivity index (χ3v) is 8.60. The molecule has 174 valence electrons. The van der Waals surface area contributed by atoms with Gasteiger partial charge in [0.15, 0.2) is 0 Å². The number of hydrogen-bond acceptors (Lipinski definition) is 0. The summed E-state index contributed by atoms with van der Waals surface area (Å²) in [6.45, 7) is 4.76. The van der Waals surface area contributed by atoms with Crippen molar-refractivity contribution in [2.45, 2.75) is 19.3 Å². The summed E-state index contributed by atoms with van der Waals surface area (Å²) in [4.78, 5) is 0. The van der Waals surface area contributed by atoms with E-state index in [1.54, 1.807) is 0 Å². The van der Waals surface area contributed by atoms with Crippen LogP contribution in [0.3, 0.4) is 0 Å². The Morgan fingerprint density at radius 3 is 1.86 bits per heavy atom. The second kappa shape index (κ2) is 7.31. The number of benzene rings is 7.